The second kappa shape index (κ2) is 4.59. The number of hydrogen-bond acceptors (Lipinski definition) is 3. The minimum Gasteiger partial charge on any atom is -0.392 e. The van der Waals surface area contributed by atoms with Crippen LogP contribution in [0, 0.1) is 0 Å². The summed E-state index contributed by atoms with van der Waals surface area (Å²) in [7, 11) is 0. The molecule has 0 spiro atoms. The standard InChI is InChI=1S/C11H11N3O2/c15-7-8-1-3-9(4-2-8)10(16)14-11-12-5-6-13-11/h1-6,15H,7H2,(H2,12,13,14,16). The lowest BCUT2D eigenvalue weighted by atomic mass is 10.1. The first-order valence-electron chi connectivity index (χ1n) is 4.80. The van der Waals surface area contributed by atoms with E-state index in [0.29, 0.717) is 11.5 Å². The van der Waals surface area contributed by atoms with Crippen LogP contribution < -0.4 is 5.32 Å². The molecule has 82 valence electrons. The quantitative estimate of drug-likeness (QED) is 0.721. The number of nitrogens with zero attached hydrogens (tertiary/aromatic N) is 1. The lowest BCUT2D eigenvalue weighted by Crippen LogP contribution is -2.12. The number of benzene rings is 1. The number of rotatable bonds is 3. The van der Waals surface area contributed by atoms with E-state index in [0.717, 1.165) is 5.56 Å². The number of carbonyl (C=O) groups excluding carboxylic acids is 1. The fourth-order valence-electron chi connectivity index (χ4n) is 1.27. The van der Waals surface area contributed by atoms with E-state index in [1.807, 2.05) is 0 Å². The summed E-state index contributed by atoms with van der Waals surface area (Å²) in [5.41, 5.74) is 1.29. The molecule has 0 aliphatic carbocycles. The van der Waals surface area contributed by atoms with Gasteiger partial charge < -0.3 is 10.1 Å². The van der Waals surface area contributed by atoms with Crippen LogP contribution >= 0.6 is 0 Å². The van der Waals surface area contributed by atoms with Gasteiger partial charge in [0.2, 0.25) is 5.95 Å². The molecule has 0 unspecified atom stereocenters. The van der Waals surface area contributed by atoms with Crippen molar-refractivity contribution in [3.8, 4) is 0 Å². The van der Waals surface area contributed by atoms with Crippen molar-refractivity contribution in [1.29, 1.82) is 0 Å². The number of nitrogens with one attached hydrogen (secondary N) is 2. The van der Waals surface area contributed by atoms with Crippen molar-refractivity contribution < 1.29 is 9.90 Å². The lowest BCUT2D eigenvalue weighted by Gasteiger charge is -2.02. The van der Waals surface area contributed by atoms with E-state index in [1.165, 1.54) is 0 Å². The highest BCUT2D eigenvalue weighted by Gasteiger charge is 2.06. The van der Waals surface area contributed by atoms with Gasteiger partial charge in [-0.05, 0) is 17.7 Å². The maximum Gasteiger partial charge on any atom is 0.257 e. The second-order valence-electron chi connectivity index (χ2n) is 3.25. The summed E-state index contributed by atoms with van der Waals surface area (Å²) in [4.78, 5) is 18.3. The third-order valence-electron chi connectivity index (χ3n) is 2.13. The van der Waals surface area contributed by atoms with Crippen LogP contribution in [0.4, 0.5) is 5.95 Å². The van der Waals surface area contributed by atoms with E-state index in [1.54, 1.807) is 36.7 Å². The summed E-state index contributed by atoms with van der Waals surface area (Å²) < 4.78 is 0. The van der Waals surface area contributed by atoms with Crippen LogP contribution in [-0.2, 0) is 6.61 Å². The van der Waals surface area contributed by atoms with Crippen molar-refractivity contribution in [3.63, 3.8) is 0 Å². The molecular weight excluding hydrogens is 206 g/mol. The normalized spacial score (nSPS) is 10.1. The number of imidazole rings is 1. The van der Waals surface area contributed by atoms with Gasteiger partial charge >= 0.3 is 0 Å². The number of aromatic nitrogens is 2. The molecule has 5 nitrogen and oxygen atoms in total. The van der Waals surface area contributed by atoms with Crippen molar-refractivity contribution >= 4 is 11.9 Å². The van der Waals surface area contributed by atoms with E-state index in [2.05, 4.69) is 15.3 Å². The zero-order valence-corrected chi connectivity index (χ0v) is 8.47. The molecule has 0 saturated carbocycles. The molecule has 0 fully saturated rings. The van der Waals surface area contributed by atoms with Crippen LogP contribution in [0.3, 0.4) is 0 Å². The van der Waals surface area contributed by atoms with Gasteiger partial charge in [0.15, 0.2) is 0 Å². The molecule has 2 aromatic rings. The molecule has 0 atom stereocenters. The Morgan fingerprint density at radius 3 is 2.69 bits per heavy atom. The van der Waals surface area contributed by atoms with E-state index in [4.69, 9.17) is 5.11 Å². The molecule has 0 aliphatic heterocycles. The third kappa shape index (κ3) is 2.26. The molecule has 3 N–H and O–H groups in total. The number of amides is 1. The number of hydrogen-bond donors (Lipinski definition) is 3. The molecule has 1 heterocycles. The predicted octanol–water partition coefficient (Wildman–Crippen LogP) is 1.15. The Hall–Kier alpha value is -2.14. The van der Waals surface area contributed by atoms with Gasteiger partial charge in [0.25, 0.3) is 5.91 Å². The van der Waals surface area contributed by atoms with Gasteiger partial charge in [-0.1, -0.05) is 12.1 Å². The zero-order chi connectivity index (χ0) is 11.4. The Balaban J connectivity index is 2.09. The summed E-state index contributed by atoms with van der Waals surface area (Å²) in [5.74, 6) is 0.177. The number of aliphatic hydroxyl groups excluding tert-OH is 1. The highest BCUT2D eigenvalue weighted by Crippen LogP contribution is 2.06. The molecule has 1 aromatic heterocycles. The minimum atomic E-state index is -0.237. The predicted molar refractivity (Wildman–Crippen MR) is 58.9 cm³/mol. The average molecular weight is 217 g/mol. The highest BCUT2D eigenvalue weighted by atomic mass is 16.3. The molecule has 0 radical (unpaired) electrons. The van der Waals surface area contributed by atoms with Crippen LogP contribution in [0.5, 0.6) is 0 Å². The second-order valence-corrected chi connectivity index (χ2v) is 3.25. The molecular formula is C11H11N3O2. The largest absolute Gasteiger partial charge is 0.392 e. The van der Waals surface area contributed by atoms with Crippen molar-refractivity contribution in [2.24, 2.45) is 0 Å². The van der Waals surface area contributed by atoms with Crippen molar-refractivity contribution in [2.45, 2.75) is 6.61 Å². The maximum absolute atomic E-state index is 11.7. The van der Waals surface area contributed by atoms with Crippen LogP contribution in [-0.4, -0.2) is 21.0 Å². The fraction of sp³-hybridized carbons (Fsp3) is 0.0909. The van der Waals surface area contributed by atoms with Crippen molar-refractivity contribution in [2.75, 3.05) is 5.32 Å². The Bertz CT molecular complexity index is 462. The average Bonchev–Trinajstić information content (AvgIpc) is 2.82. The molecule has 16 heavy (non-hydrogen) atoms. The molecule has 0 bridgehead atoms. The van der Waals surface area contributed by atoms with E-state index < -0.39 is 0 Å². The molecule has 1 amide bonds. The van der Waals surface area contributed by atoms with Crippen LogP contribution in [0.1, 0.15) is 15.9 Å². The SMILES string of the molecule is O=C(Nc1ncc[nH]1)c1ccc(CO)cc1. The number of anilines is 1. The monoisotopic (exact) mass is 217 g/mol. The summed E-state index contributed by atoms with van der Waals surface area (Å²) in [6, 6.07) is 6.72. The third-order valence-corrected chi connectivity index (χ3v) is 2.13. The van der Waals surface area contributed by atoms with Crippen molar-refractivity contribution in [1.82, 2.24) is 9.97 Å². The Labute approximate surface area is 92.2 Å². The molecule has 0 aliphatic rings. The smallest absolute Gasteiger partial charge is 0.257 e. The van der Waals surface area contributed by atoms with Crippen molar-refractivity contribution in [3.05, 3.63) is 47.8 Å². The molecule has 2 rings (SSSR count). The summed E-state index contributed by atoms with van der Waals surface area (Å²) in [6.07, 6.45) is 3.19. The van der Waals surface area contributed by atoms with Gasteiger partial charge in [0.05, 0.1) is 6.61 Å². The summed E-state index contributed by atoms with van der Waals surface area (Å²) in [5, 5.41) is 11.5. The minimum absolute atomic E-state index is 0.0277. The maximum atomic E-state index is 11.7. The van der Waals surface area contributed by atoms with Crippen LogP contribution in [0.25, 0.3) is 0 Å². The number of carbonyl (C=O) groups is 1. The zero-order valence-electron chi connectivity index (χ0n) is 8.47. The van der Waals surface area contributed by atoms with E-state index in [-0.39, 0.29) is 12.5 Å². The number of aromatic amines is 1. The van der Waals surface area contributed by atoms with Gasteiger partial charge in [-0.2, -0.15) is 0 Å². The first kappa shape index (κ1) is 10.4. The highest BCUT2D eigenvalue weighted by molar-refractivity contribution is 6.03. The summed E-state index contributed by atoms with van der Waals surface area (Å²) >= 11 is 0. The fourth-order valence-corrected chi connectivity index (χ4v) is 1.27. The van der Waals surface area contributed by atoms with E-state index >= 15 is 0 Å². The Kier molecular flexibility index (Phi) is 2.98. The number of H-pyrrole nitrogens is 1. The molecule has 1 aromatic carbocycles. The van der Waals surface area contributed by atoms with Crippen LogP contribution in [0.2, 0.25) is 0 Å². The van der Waals surface area contributed by atoms with Gasteiger partial charge in [-0.3, -0.25) is 10.1 Å². The van der Waals surface area contributed by atoms with E-state index in [9.17, 15) is 4.79 Å². The Morgan fingerprint density at radius 2 is 2.12 bits per heavy atom. The lowest BCUT2D eigenvalue weighted by molar-refractivity contribution is 0.102. The Morgan fingerprint density at radius 1 is 1.38 bits per heavy atom. The van der Waals surface area contributed by atoms with Gasteiger partial charge in [0, 0.05) is 18.0 Å². The summed E-state index contributed by atoms with van der Waals surface area (Å²) in [6.45, 7) is -0.0277. The first-order valence-corrected chi connectivity index (χ1v) is 4.80. The van der Waals surface area contributed by atoms with Gasteiger partial charge in [-0.25, -0.2) is 4.98 Å². The molecule has 0 saturated heterocycles. The van der Waals surface area contributed by atoms with Gasteiger partial charge in [0.1, 0.15) is 0 Å². The number of aliphatic hydroxyl groups is 1. The molecule has 5 heteroatoms. The topological polar surface area (TPSA) is 78.0 Å². The van der Waals surface area contributed by atoms with Gasteiger partial charge in [-0.15, -0.1) is 0 Å². The first-order chi connectivity index (χ1) is 7.79. The van der Waals surface area contributed by atoms with Crippen LogP contribution in [0.15, 0.2) is 36.7 Å².